The highest BCUT2D eigenvalue weighted by molar-refractivity contribution is 5.89. The number of anilines is 1. The zero-order valence-electron chi connectivity index (χ0n) is 14.4. The number of nitrogens with one attached hydrogen (secondary N) is 2. The van der Waals surface area contributed by atoms with Crippen molar-refractivity contribution in [2.45, 2.75) is 31.6 Å². The lowest BCUT2D eigenvalue weighted by molar-refractivity contribution is 0.00308. The van der Waals surface area contributed by atoms with Gasteiger partial charge in [0.1, 0.15) is 6.10 Å². The largest absolute Gasteiger partial charge is 0.477 e. The SMILES string of the molecule is Cc1cccc(OC[C@H]2C[C@@H](NC(=O)Nc3cccnc3)[C@H](O)[C@@H]2O)n1. The van der Waals surface area contributed by atoms with E-state index in [1.54, 1.807) is 24.4 Å². The van der Waals surface area contributed by atoms with Crippen molar-refractivity contribution in [3.63, 3.8) is 0 Å². The normalized spacial score (nSPS) is 24.9. The predicted octanol–water partition coefficient (Wildman–Crippen LogP) is 1.10. The predicted molar refractivity (Wildman–Crippen MR) is 94.8 cm³/mol. The summed E-state index contributed by atoms with van der Waals surface area (Å²) in [4.78, 5) is 20.2. The van der Waals surface area contributed by atoms with Crippen LogP contribution < -0.4 is 15.4 Å². The van der Waals surface area contributed by atoms with E-state index in [0.29, 0.717) is 18.0 Å². The maximum absolute atomic E-state index is 12.1. The van der Waals surface area contributed by atoms with Crippen molar-refractivity contribution < 1.29 is 19.7 Å². The van der Waals surface area contributed by atoms with Gasteiger partial charge in [0.15, 0.2) is 0 Å². The molecule has 1 aliphatic carbocycles. The zero-order valence-corrected chi connectivity index (χ0v) is 14.4. The van der Waals surface area contributed by atoms with Crippen molar-refractivity contribution in [1.29, 1.82) is 0 Å². The molecule has 0 bridgehead atoms. The van der Waals surface area contributed by atoms with Crippen molar-refractivity contribution in [1.82, 2.24) is 15.3 Å². The molecule has 4 N–H and O–H groups in total. The van der Waals surface area contributed by atoms with Gasteiger partial charge in [-0.1, -0.05) is 6.07 Å². The molecule has 1 aliphatic rings. The van der Waals surface area contributed by atoms with Crippen LogP contribution in [0.5, 0.6) is 5.88 Å². The van der Waals surface area contributed by atoms with E-state index in [2.05, 4.69) is 20.6 Å². The number of rotatable bonds is 5. The number of nitrogens with zero attached hydrogens (tertiary/aromatic N) is 2. The molecule has 1 saturated carbocycles. The molecule has 1 fully saturated rings. The zero-order chi connectivity index (χ0) is 18.5. The molecule has 2 aromatic rings. The van der Waals surface area contributed by atoms with Gasteiger partial charge < -0.3 is 25.6 Å². The van der Waals surface area contributed by atoms with Crippen LogP contribution in [0.3, 0.4) is 0 Å². The smallest absolute Gasteiger partial charge is 0.319 e. The molecule has 8 heteroatoms. The van der Waals surface area contributed by atoms with Gasteiger partial charge in [-0.15, -0.1) is 0 Å². The van der Waals surface area contributed by atoms with Gasteiger partial charge in [-0.3, -0.25) is 4.98 Å². The van der Waals surface area contributed by atoms with Crippen molar-refractivity contribution in [3.05, 3.63) is 48.4 Å². The molecule has 0 radical (unpaired) electrons. The van der Waals surface area contributed by atoms with Crippen LogP contribution in [0.2, 0.25) is 0 Å². The van der Waals surface area contributed by atoms with Crippen LogP contribution in [0.25, 0.3) is 0 Å². The average Bonchev–Trinajstić information content (AvgIpc) is 2.89. The first kappa shape index (κ1) is 18.1. The summed E-state index contributed by atoms with van der Waals surface area (Å²) in [7, 11) is 0. The fourth-order valence-corrected chi connectivity index (χ4v) is 3.00. The van der Waals surface area contributed by atoms with Gasteiger partial charge in [0, 0.05) is 23.9 Å². The summed E-state index contributed by atoms with van der Waals surface area (Å²) >= 11 is 0. The molecule has 0 aliphatic heterocycles. The molecule has 3 rings (SSSR count). The van der Waals surface area contributed by atoms with Crippen LogP contribution in [-0.4, -0.2) is 51.1 Å². The maximum atomic E-state index is 12.1. The molecule has 26 heavy (non-hydrogen) atoms. The number of urea groups is 1. The Bertz CT molecular complexity index is 743. The molecule has 2 amide bonds. The number of ether oxygens (including phenoxy) is 1. The van der Waals surface area contributed by atoms with E-state index >= 15 is 0 Å². The minimum absolute atomic E-state index is 0.205. The number of hydrogen-bond donors (Lipinski definition) is 4. The van der Waals surface area contributed by atoms with Gasteiger partial charge in [0.25, 0.3) is 0 Å². The van der Waals surface area contributed by atoms with Gasteiger partial charge in [-0.25, -0.2) is 9.78 Å². The fraction of sp³-hybridized carbons (Fsp3) is 0.389. The van der Waals surface area contributed by atoms with Crippen molar-refractivity contribution in [2.75, 3.05) is 11.9 Å². The van der Waals surface area contributed by atoms with E-state index < -0.39 is 24.3 Å². The first-order valence-electron chi connectivity index (χ1n) is 8.43. The molecule has 0 saturated heterocycles. The minimum atomic E-state index is -1.06. The lowest BCUT2D eigenvalue weighted by Crippen LogP contribution is -2.44. The second-order valence-corrected chi connectivity index (χ2v) is 6.35. The summed E-state index contributed by atoms with van der Waals surface area (Å²) in [5.41, 5.74) is 1.38. The maximum Gasteiger partial charge on any atom is 0.319 e. The molecule has 138 valence electrons. The summed E-state index contributed by atoms with van der Waals surface area (Å²) in [6.45, 7) is 2.07. The number of aryl methyl sites for hydroxylation is 1. The highest BCUT2D eigenvalue weighted by atomic mass is 16.5. The first-order chi connectivity index (χ1) is 12.5. The number of pyridine rings is 2. The molecule has 2 heterocycles. The topological polar surface area (TPSA) is 117 Å². The van der Waals surface area contributed by atoms with Gasteiger partial charge >= 0.3 is 6.03 Å². The lowest BCUT2D eigenvalue weighted by atomic mass is 10.1. The van der Waals surface area contributed by atoms with Crippen LogP contribution >= 0.6 is 0 Å². The molecule has 0 spiro atoms. The quantitative estimate of drug-likeness (QED) is 0.636. The van der Waals surface area contributed by atoms with Gasteiger partial charge in [0.05, 0.1) is 30.6 Å². The number of hydrogen-bond acceptors (Lipinski definition) is 6. The summed E-state index contributed by atoms with van der Waals surface area (Å²) in [5, 5.41) is 25.8. The van der Waals surface area contributed by atoms with Crippen LogP contribution in [-0.2, 0) is 0 Å². The van der Waals surface area contributed by atoms with Gasteiger partial charge in [0.2, 0.25) is 5.88 Å². The van der Waals surface area contributed by atoms with Gasteiger partial charge in [-0.05, 0) is 31.5 Å². The summed E-state index contributed by atoms with van der Waals surface area (Å²) in [5.74, 6) is 0.161. The summed E-state index contributed by atoms with van der Waals surface area (Å²) in [6, 6.07) is 7.82. The Morgan fingerprint density at radius 1 is 1.27 bits per heavy atom. The van der Waals surface area contributed by atoms with Crippen LogP contribution in [0.1, 0.15) is 12.1 Å². The Morgan fingerprint density at radius 3 is 2.85 bits per heavy atom. The number of aliphatic hydroxyl groups is 2. The second-order valence-electron chi connectivity index (χ2n) is 6.35. The van der Waals surface area contributed by atoms with E-state index in [1.165, 1.54) is 6.20 Å². The van der Waals surface area contributed by atoms with E-state index in [4.69, 9.17) is 4.74 Å². The third-order valence-corrected chi connectivity index (χ3v) is 4.35. The van der Waals surface area contributed by atoms with E-state index in [1.807, 2.05) is 19.1 Å². The highest BCUT2D eigenvalue weighted by Crippen LogP contribution is 2.27. The van der Waals surface area contributed by atoms with E-state index in [-0.39, 0.29) is 12.5 Å². The van der Waals surface area contributed by atoms with Crippen LogP contribution in [0.15, 0.2) is 42.7 Å². The Morgan fingerprint density at radius 2 is 2.12 bits per heavy atom. The molecule has 0 aromatic carbocycles. The molecule has 2 aromatic heterocycles. The van der Waals surface area contributed by atoms with Gasteiger partial charge in [-0.2, -0.15) is 0 Å². The Labute approximate surface area is 151 Å². The van der Waals surface area contributed by atoms with Crippen molar-refractivity contribution in [2.24, 2.45) is 5.92 Å². The number of amides is 2. The summed E-state index contributed by atoms with van der Waals surface area (Å²) in [6.07, 6.45) is 1.48. The fourth-order valence-electron chi connectivity index (χ4n) is 3.00. The average molecular weight is 358 g/mol. The minimum Gasteiger partial charge on any atom is -0.477 e. The van der Waals surface area contributed by atoms with Crippen LogP contribution in [0, 0.1) is 12.8 Å². The van der Waals surface area contributed by atoms with Crippen molar-refractivity contribution >= 4 is 11.7 Å². The molecular weight excluding hydrogens is 336 g/mol. The molecule has 4 atom stereocenters. The number of carbonyl (C=O) groups is 1. The third-order valence-electron chi connectivity index (χ3n) is 4.35. The standard InChI is InChI=1S/C18H22N4O4/c1-11-4-2-6-15(20-11)26-10-12-8-14(17(24)16(12)23)22-18(25)21-13-5-3-7-19-9-13/h2-7,9,12,14,16-17,23-24H,8,10H2,1H3,(H2,21,22,25)/t12-,14-,16-,17+/m1/s1. The third kappa shape index (κ3) is 4.47. The second kappa shape index (κ2) is 8.11. The first-order valence-corrected chi connectivity index (χ1v) is 8.43. The molecule has 0 unspecified atom stereocenters. The Kier molecular flexibility index (Phi) is 5.65. The number of aliphatic hydroxyl groups excluding tert-OH is 2. The van der Waals surface area contributed by atoms with E-state index in [9.17, 15) is 15.0 Å². The highest BCUT2D eigenvalue weighted by Gasteiger charge is 2.42. The summed E-state index contributed by atoms with van der Waals surface area (Å²) < 4.78 is 5.62. The molecule has 8 nitrogen and oxygen atoms in total. The molecular formula is C18H22N4O4. The Balaban J connectivity index is 1.52. The van der Waals surface area contributed by atoms with Crippen LogP contribution in [0.4, 0.5) is 10.5 Å². The lowest BCUT2D eigenvalue weighted by Gasteiger charge is -2.18. The number of carbonyl (C=O) groups excluding carboxylic acids is 1. The number of aromatic nitrogens is 2. The van der Waals surface area contributed by atoms with E-state index in [0.717, 1.165) is 5.69 Å². The monoisotopic (exact) mass is 358 g/mol. The Hall–Kier alpha value is -2.71. The van der Waals surface area contributed by atoms with Crippen molar-refractivity contribution in [3.8, 4) is 5.88 Å².